The van der Waals surface area contributed by atoms with E-state index in [4.69, 9.17) is 0 Å². The summed E-state index contributed by atoms with van der Waals surface area (Å²) < 4.78 is 0. The summed E-state index contributed by atoms with van der Waals surface area (Å²) in [6, 6.07) is 19.4. The molecule has 1 aliphatic heterocycles. The molecule has 0 saturated carbocycles. The van der Waals surface area contributed by atoms with Crippen molar-refractivity contribution in [3.63, 3.8) is 0 Å². The quantitative estimate of drug-likeness (QED) is 0.735. The van der Waals surface area contributed by atoms with Gasteiger partial charge in [-0.05, 0) is 19.9 Å². The molecule has 0 amide bonds. The van der Waals surface area contributed by atoms with Gasteiger partial charge in [-0.25, -0.2) is 0 Å². The molecule has 0 radical (unpaired) electrons. The lowest BCUT2D eigenvalue weighted by Crippen LogP contribution is -2.45. The van der Waals surface area contributed by atoms with Crippen LogP contribution >= 0.6 is 0 Å². The highest BCUT2D eigenvalue weighted by Gasteiger charge is 2.30. The van der Waals surface area contributed by atoms with E-state index in [1.807, 2.05) is 60.7 Å². The van der Waals surface area contributed by atoms with Gasteiger partial charge in [0.2, 0.25) is 0 Å². The van der Waals surface area contributed by atoms with Crippen LogP contribution in [0.1, 0.15) is 52.8 Å². The maximum absolute atomic E-state index is 12.5. The SMILES string of the molecule is CN1[C@@H](CC(=O)c2ccccc2)CCC[C@H]1CC(=O)c1ccccc1. The minimum absolute atomic E-state index is 0.187. The van der Waals surface area contributed by atoms with Crippen LogP contribution in [0.4, 0.5) is 0 Å². The summed E-state index contributed by atoms with van der Waals surface area (Å²) in [6.07, 6.45) is 4.16. The van der Waals surface area contributed by atoms with E-state index < -0.39 is 0 Å². The van der Waals surface area contributed by atoms with Gasteiger partial charge < -0.3 is 0 Å². The highest BCUT2D eigenvalue weighted by atomic mass is 16.1. The van der Waals surface area contributed by atoms with E-state index in [0.29, 0.717) is 12.8 Å². The van der Waals surface area contributed by atoms with Crippen molar-refractivity contribution in [2.75, 3.05) is 7.05 Å². The van der Waals surface area contributed by atoms with Crippen LogP contribution in [0.3, 0.4) is 0 Å². The molecule has 0 unspecified atom stereocenters. The molecule has 0 aliphatic carbocycles. The minimum Gasteiger partial charge on any atom is -0.300 e. The second-order valence-electron chi connectivity index (χ2n) is 6.89. The molecule has 2 aromatic rings. The third-order valence-electron chi connectivity index (χ3n) is 5.26. The molecule has 3 heteroatoms. The molecule has 0 bridgehead atoms. The standard InChI is InChI=1S/C22H25NO2/c1-23-19(15-21(24)17-9-4-2-5-10-17)13-8-14-20(23)16-22(25)18-11-6-3-7-12-18/h2-7,9-12,19-20H,8,13-16H2,1H3/t19-,20+. The molecule has 3 nitrogen and oxygen atoms in total. The average molecular weight is 335 g/mol. The molecule has 2 atom stereocenters. The first-order chi connectivity index (χ1) is 12.1. The number of hydrogen-bond donors (Lipinski definition) is 0. The van der Waals surface area contributed by atoms with E-state index in [0.717, 1.165) is 30.4 Å². The minimum atomic E-state index is 0.187. The Morgan fingerprint density at radius 1 is 0.800 bits per heavy atom. The number of likely N-dealkylation sites (tertiary alicyclic amines) is 1. The Morgan fingerprint density at radius 2 is 1.20 bits per heavy atom. The van der Waals surface area contributed by atoms with Crippen molar-refractivity contribution < 1.29 is 9.59 Å². The molecule has 3 rings (SSSR count). The highest BCUT2D eigenvalue weighted by Crippen LogP contribution is 2.27. The number of piperidine rings is 1. The van der Waals surface area contributed by atoms with Crippen molar-refractivity contribution in [2.24, 2.45) is 0 Å². The van der Waals surface area contributed by atoms with E-state index in [2.05, 4.69) is 11.9 Å². The number of carbonyl (C=O) groups excluding carboxylic acids is 2. The molecule has 0 N–H and O–H groups in total. The van der Waals surface area contributed by atoms with Crippen molar-refractivity contribution >= 4 is 11.6 Å². The van der Waals surface area contributed by atoms with Gasteiger partial charge in [-0.1, -0.05) is 67.1 Å². The van der Waals surface area contributed by atoms with Crippen molar-refractivity contribution in [2.45, 2.75) is 44.2 Å². The fraction of sp³-hybridized carbons (Fsp3) is 0.364. The Kier molecular flexibility index (Phi) is 5.77. The van der Waals surface area contributed by atoms with Crippen LogP contribution < -0.4 is 0 Å². The molecule has 1 fully saturated rings. The fourth-order valence-electron chi connectivity index (χ4n) is 3.70. The predicted octanol–water partition coefficient (Wildman–Crippen LogP) is 4.39. The Morgan fingerprint density at radius 3 is 1.60 bits per heavy atom. The molecule has 1 aliphatic rings. The first kappa shape index (κ1) is 17.6. The van der Waals surface area contributed by atoms with E-state index in [9.17, 15) is 9.59 Å². The predicted molar refractivity (Wildman–Crippen MR) is 100.0 cm³/mol. The maximum atomic E-state index is 12.5. The first-order valence-corrected chi connectivity index (χ1v) is 9.03. The summed E-state index contributed by atoms with van der Waals surface area (Å²) in [7, 11) is 2.06. The zero-order valence-electron chi connectivity index (χ0n) is 14.7. The largest absolute Gasteiger partial charge is 0.300 e. The summed E-state index contributed by atoms with van der Waals surface area (Å²) in [5.41, 5.74) is 1.55. The maximum Gasteiger partial charge on any atom is 0.164 e. The van der Waals surface area contributed by atoms with Crippen LogP contribution in [0.5, 0.6) is 0 Å². The van der Waals surface area contributed by atoms with Gasteiger partial charge in [-0.15, -0.1) is 0 Å². The van der Waals surface area contributed by atoms with Gasteiger partial charge in [0.05, 0.1) is 0 Å². The topological polar surface area (TPSA) is 37.4 Å². The molecule has 1 heterocycles. The normalized spacial score (nSPS) is 21.0. The fourth-order valence-corrected chi connectivity index (χ4v) is 3.70. The number of rotatable bonds is 6. The molecule has 0 aromatic heterocycles. The summed E-state index contributed by atoms with van der Waals surface area (Å²) in [4.78, 5) is 27.3. The molecular weight excluding hydrogens is 310 g/mol. The average Bonchev–Trinajstić information content (AvgIpc) is 2.66. The molecule has 2 aromatic carbocycles. The van der Waals surface area contributed by atoms with Gasteiger partial charge in [0.25, 0.3) is 0 Å². The third kappa shape index (κ3) is 4.43. The van der Waals surface area contributed by atoms with Crippen LogP contribution in [0, 0.1) is 0 Å². The summed E-state index contributed by atoms with van der Waals surface area (Å²) in [6.45, 7) is 0. The van der Waals surface area contributed by atoms with Crippen LogP contribution in [0.2, 0.25) is 0 Å². The van der Waals surface area contributed by atoms with Crippen LogP contribution in [0.25, 0.3) is 0 Å². The van der Waals surface area contributed by atoms with Gasteiger partial charge in [0.15, 0.2) is 11.6 Å². The number of Topliss-reactive ketones (excluding diaryl/α,β-unsaturated/α-hetero) is 2. The Hall–Kier alpha value is -2.26. The Bertz CT molecular complexity index is 650. The van der Waals surface area contributed by atoms with Crippen LogP contribution in [-0.2, 0) is 0 Å². The van der Waals surface area contributed by atoms with Crippen LogP contribution in [-0.4, -0.2) is 35.6 Å². The second-order valence-corrected chi connectivity index (χ2v) is 6.89. The number of benzene rings is 2. The number of nitrogens with zero attached hydrogens (tertiary/aromatic N) is 1. The van der Waals surface area contributed by atoms with E-state index in [1.165, 1.54) is 0 Å². The van der Waals surface area contributed by atoms with Gasteiger partial charge in [-0.2, -0.15) is 0 Å². The molecule has 25 heavy (non-hydrogen) atoms. The second kappa shape index (κ2) is 8.21. The highest BCUT2D eigenvalue weighted by molar-refractivity contribution is 5.97. The van der Waals surface area contributed by atoms with Gasteiger partial charge in [-0.3, -0.25) is 14.5 Å². The third-order valence-corrected chi connectivity index (χ3v) is 5.26. The van der Waals surface area contributed by atoms with Crippen molar-refractivity contribution in [1.29, 1.82) is 0 Å². The smallest absolute Gasteiger partial charge is 0.164 e. The number of ketones is 2. The van der Waals surface area contributed by atoms with Gasteiger partial charge in [0, 0.05) is 36.1 Å². The first-order valence-electron chi connectivity index (χ1n) is 9.03. The molecular formula is C22H25NO2. The van der Waals surface area contributed by atoms with Crippen molar-refractivity contribution in [3.8, 4) is 0 Å². The summed E-state index contributed by atoms with van der Waals surface area (Å²) in [5, 5.41) is 0. The van der Waals surface area contributed by atoms with E-state index in [-0.39, 0.29) is 23.7 Å². The summed E-state index contributed by atoms with van der Waals surface area (Å²) in [5.74, 6) is 0.375. The lowest BCUT2D eigenvalue weighted by Gasteiger charge is -2.39. The summed E-state index contributed by atoms with van der Waals surface area (Å²) >= 11 is 0. The Labute approximate surface area is 149 Å². The zero-order valence-corrected chi connectivity index (χ0v) is 14.7. The monoisotopic (exact) mass is 335 g/mol. The lowest BCUT2D eigenvalue weighted by atomic mass is 9.88. The Balaban J connectivity index is 1.62. The lowest BCUT2D eigenvalue weighted by molar-refractivity contribution is 0.0723. The molecule has 130 valence electrons. The van der Waals surface area contributed by atoms with Gasteiger partial charge >= 0.3 is 0 Å². The van der Waals surface area contributed by atoms with Crippen molar-refractivity contribution in [1.82, 2.24) is 4.90 Å². The van der Waals surface area contributed by atoms with Gasteiger partial charge in [0.1, 0.15) is 0 Å². The van der Waals surface area contributed by atoms with Crippen molar-refractivity contribution in [3.05, 3.63) is 71.8 Å². The van der Waals surface area contributed by atoms with E-state index >= 15 is 0 Å². The molecule has 0 spiro atoms. The number of carbonyl (C=O) groups is 2. The number of hydrogen-bond acceptors (Lipinski definition) is 3. The molecule has 1 saturated heterocycles. The van der Waals surface area contributed by atoms with E-state index in [1.54, 1.807) is 0 Å². The zero-order chi connectivity index (χ0) is 17.6. The van der Waals surface area contributed by atoms with Crippen LogP contribution in [0.15, 0.2) is 60.7 Å².